The fourth-order valence-corrected chi connectivity index (χ4v) is 2.62. The van der Waals surface area contributed by atoms with Crippen LogP contribution in [0.1, 0.15) is 36.2 Å². The Hall–Kier alpha value is -2.82. The average molecular weight is 340 g/mol. The number of esters is 1. The molecule has 1 unspecified atom stereocenters. The van der Waals surface area contributed by atoms with E-state index in [1.54, 1.807) is 18.2 Å². The van der Waals surface area contributed by atoms with Gasteiger partial charge in [0.2, 0.25) is 5.91 Å². The molecular weight excluding hydrogens is 316 g/mol. The van der Waals surface area contributed by atoms with E-state index in [1.165, 1.54) is 7.11 Å². The van der Waals surface area contributed by atoms with E-state index in [2.05, 4.69) is 17.6 Å². The van der Waals surface area contributed by atoms with Crippen molar-refractivity contribution in [3.8, 4) is 0 Å². The van der Waals surface area contributed by atoms with E-state index < -0.39 is 0 Å². The van der Waals surface area contributed by atoms with Crippen molar-refractivity contribution >= 4 is 23.3 Å². The van der Waals surface area contributed by atoms with Crippen LogP contribution in [0.5, 0.6) is 0 Å². The lowest BCUT2D eigenvalue weighted by atomic mass is 10.1. The SMILES string of the molecule is CCc1ccccc1NC(=O)CC(C)Nc1cccc(C(=O)OC)c1. The molecule has 2 rings (SSSR count). The molecule has 0 saturated heterocycles. The second kappa shape index (κ2) is 8.87. The summed E-state index contributed by atoms with van der Waals surface area (Å²) in [5.41, 5.74) is 3.22. The summed E-state index contributed by atoms with van der Waals surface area (Å²) in [6.45, 7) is 3.99. The summed E-state index contributed by atoms with van der Waals surface area (Å²) in [4.78, 5) is 23.9. The molecule has 2 aromatic rings. The molecule has 2 aromatic carbocycles. The van der Waals surface area contributed by atoms with Gasteiger partial charge in [0.1, 0.15) is 0 Å². The third kappa shape index (κ3) is 5.35. The van der Waals surface area contributed by atoms with Crippen molar-refractivity contribution in [1.29, 1.82) is 0 Å². The molecule has 25 heavy (non-hydrogen) atoms. The number of methoxy groups -OCH3 is 1. The summed E-state index contributed by atoms with van der Waals surface area (Å²) in [5.74, 6) is -0.435. The molecule has 0 aliphatic carbocycles. The van der Waals surface area contributed by atoms with Crippen LogP contribution in [0.3, 0.4) is 0 Å². The molecule has 132 valence electrons. The van der Waals surface area contributed by atoms with Gasteiger partial charge in [0.05, 0.1) is 12.7 Å². The van der Waals surface area contributed by atoms with Crippen molar-refractivity contribution in [2.75, 3.05) is 17.7 Å². The van der Waals surface area contributed by atoms with Crippen LogP contribution in [-0.4, -0.2) is 25.0 Å². The Morgan fingerprint density at radius 2 is 1.88 bits per heavy atom. The summed E-state index contributed by atoms with van der Waals surface area (Å²) < 4.78 is 4.72. The molecule has 0 aliphatic rings. The van der Waals surface area contributed by atoms with Crippen molar-refractivity contribution in [3.63, 3.8) is 0 Å². The van der Waals surface area contributed by atoms with E-state index >= 15 is 0 Å². The molecule has 0 radical (unpaired) electrons. The Kier molecular flexibility index (Phi) is 6.57. The predicted octanol–water partition coefficient (Wildman–Crippen LogP) is 3.86. The molecule has 0 spiro atoms. The van der Waals surface area contributed by atoms with E-state index in [0.29, 0.717) is 12.0 Å². The molecule has 1 atom stereocenters. The van der Waals surface area contributed by atoms with Crippen LogP contribution in [0.25, 0.3) is 0 Å². The molecule has 0 fully saturated rings. The van der Waals surface area contributed by atoms with Gasteiger partial charge in [-0.05, 0) is 43.2 Å². The van der Waals surface area contributed by atoms with Crippen molar-refractivity contribution in [3.05, 3.63) is 59.7 Å². The van der Waals surface area contributed by atoms with E-state index in [1.807, 2.05) is 37.3 Å². The minimum absolute atomic E-state index is 0.0509. The number of para-hydroxylation sites is 1. The summed E-state index contributed by atoms with van der Waals surface area (Å²) in [6.07, 6.45) is 1.19. The van der Waals surface area contributed by atoms with Crippen molar-refractivity contribution in [2.24, 2.45) is 0 Å². The maximum absolute atomic E-state index is 12.3. The molecule has 1 amide bonds. The van der Waals surface area contributed by atoms with E-state index in [4.69, 9.17) is 4.74 Å². The monoisotopic (exact) mass is 340 g/mol. The molecule has 5 nitrogen and oxygen atoms in total. The maximum atomic E-state index is 12.3. The first-order valence-corrected chi connectivity index (χ1v) is 8.36. The summed E-state index contributed by atoms with van der Waals surface area (Å²) in [7, 11) is 1.35. The first kappa shape index (κ1) is 18.5. The largest absolute Gasteiger partial charge is 0.465 e. The van der Waals surface area contributed by atoms with Gasteiger partial charge < -0.3 is 15.4 Å². The lowest BCUT2D eigenvalue weighted by Gasteiger charge is -2.16. The van der Waals surface area contributed by atoms with Crippen LogP contribution in [0.4, 0.5) is 11.4 Å². The first-order chi connectivity index (χ1) is 12.0. The third-order valence-corrected chi connectivity index (χ3v) is 3.86. The van der Waals surface area contributed by atoms with Crippen molar-refractivity contribution < 1.29 is 14.3 Å². The fraction of sp³-hybridized carbons (Fsp3) is 0.300. The molecule has 5 heteroatoms. The third-order valence-electron chi connectivity index (χ3n) is 3.86. The standard InChI is InChI=1S/C20H24N2O3/c1-4-15-8-5-6-11-18(15)22-19(23)12-14(2)21-17-10-7-9-16(13-17)20(24)25-3/h5-11,13-14,21H,4,12H2,1-3H3,(H,22,23). The summed E-state index contributed by atoms with van der Waals surface area (Å²) >= 11 is 0. The minimum Gasteiger partial charge on any atom is -0.465 e. The lowest BCUT2D eigenvalue weighted by molar-refractivity contribution is -0.116. The van der Waals surface area contributed by atoms with E-state index in [9.17, 15) is 9.59 Å². The van der Waals surface area contributed by atoms with Crippen LogP contribution < -0.4 is 10.6 Å². The zero-order chi connectivity index (χ0) is 18.2. The second-order valence-electron chi connectivity index (χ2n) is 5.88. The number of carbonyl (C=O) groups is 2. The number of rotatable bonds is 7. The predicted molar refractivity (Wildman–Crippen MR) is 99.9 cm³/mol. The number of aryl methyl sites for hydroxylation is 1. The highest BCUT2D eigenvalue weighted by Gasteiger charge is 2.12. The normalized spacial score (nSPS) is 11.5. The van der Waals surface area contributed by atoms with Gasteiger partial charge in [-0.2, -0.15) is 0 Å². The molecule has 0 bridgehead atoms. The number of carbonyl (C=O) groups excluding carboxylic acids is 2. The smallest absolute Gasteiger partial charge is 0.337 e. The Bertz CT molecular complexity index is 743. The Balaban J connectivity index is 1.94. The molecule has 0 aromatic heterocycles. The van der Waals surface area contributed by atoms with Crippen LogP contribution in [0.2, 0.25) is 0 Å². The zero-order valence-electron chi connectivity index (χ0n) is 14.8. The first-order valence-electron chi connectivity index (χ1n) is 8.36. The summed E-state index contributed by atoms with van der Waals surface area (Å²) in [5, 5.41) is 6.20. The van der Waals surface area contributed by atoms with Crippen LogP contribution in [0.15, 0.2) is 48.5 Å². The number of hydrogen-bond acceptors (Lipinski definition) is 4. The molecule has 2 N–H and O–H groups in total. The quantitative estimate of drug-likeness (QED) is 0.751. The minimum atomic E-state index is -0.384. The van der Waals surface area contributed by atoms with E-state index in [0.717, 1.165) is 23.4 Å². The zero-order valence-corrected chi connectivity index (χ0v) is 14.8. The Morgan fingerprint density at radius 1 is 1.12 bits per heavy atom. The molecular formula is C20H24N2O3. The molecule has 0 heterocycles. The highest BCUT2D eigenvalue weighted by atomic mass is 16.5. The van der Waals surface area contributed by atoms with Gasteiger partial charge in [-0.1, -0.05) is 31.2 Å². The van der Waals surface area contributed by atoms with Gasteiger partial charge in [-0.25, -0.2) is 4.79 Å². The summed E-state index contributed by atoms with van der Waals surface area (Å²) in [6, 6.07) is 14.8. The highest BCUT2D eigenvalue weighted by molar-refractivity contribution is 5.92. The van der Waals surface area contributed by atoms with Crippen molar-refractivity contribution in [1.82, 2.24) is 0 Å². The van der Waals surface area contributed by atoms with E-state index in [-0.39, 0.29) is 17.9 Å². The van der Waals surface area contributed by atoms with Gasteiger partial charge in [-0.3, -0.25) is 4.79 Å². The Morgan fingerprint density at radius 3 is 2.60 bits per heavy atom. The topological polar surface area (TPSA) is 67.4 Å². The number of amides is 1. The molecule has 0 saturated carbocycles. The fourth-order valence-electron chi connectivity index (χ4n) is 2.62. The van der Waals surface area contributed by atoms with Gasteiger partial charge in [-0.15, -0.1) is 0 Å². The van der Waals surface area contributed by atoms with Gasteiger partial charge >= 0.3 is 5.97 Å². The van der Waals surface area contributed by atoms with Gasteiger partial charge in [0, 0.05) is 23.8 Å². The van der Waals surface area contributed by atoms with Crippen LogP contribution in [0, 0.1) is 0 Å². The number of nitrogens with one attached hydrogen (secondary N) is 2. The van der Waals surface area contributed by atoms with Gasteiger partial charge in [0.25, 0.3) is 0 Å². The number of benzene rings is 2. The van der Waals surface area contributed by atoms with Crippen molar-refractivity contribution in [2.45, 2.75) is 32.7 Å². The maximum Gasteiger partial charge on any atom is 0.337 e. The Labute approximate surface area is 148 Å². The van der Waals surface area contributed by atoms with Crippen LogP contribution in [-0.2, 0) is 16.0 Å². The van der Waals surface area contributed by atoms with Gasteiger partial charge in [0.15, 0.2) is 0 Å². The highest BCUT2D eigenvalue weighted by Crippen LogP contribution is 2.17. The lowest BCUT2D eigenvalue weighted by Crippen LogP contribution is -2.24. The number of hydrogen-bond donors (Lipinski definition) is 2. The number of ether oxygens (including phenoxy) is 1. The second-order valence-corrected chi connectivity index (χ2v) is 5.88. The number of anilines is 2. The van der Waals surface area contributed by atoms with Crippen LogP contribution >= 0.6 is 0 Å². The molecule has 0 aliphatic heterocycles. The average Bonchev–Trinajstić information content (AvgIpc) is 2.61.